The van der Waals surface area contributed by atoms with E-state index >= 15 is 0 Å². The van der Waals surface area contributed by atoms with Gasteiger partial charge in [-0.3, -0.25) is 4.55 Å². The Morgan fingerprint density at radius 3 is 1.35 bits per heavy atom. The smallest absolute Gasteiger partial charge is 0.267 e. The van der Waals surface area contributed by atoms with Gasteiger partial charge in [-0.15, -0.1) is 0 Å². The van der Waals surface area contributed by atoms with Crippen molar-refractivity contribution in [2.75, 3.05) is 0 Å². The topological polar surface area (TPSA) is 74.6 Å². The van der Waals surface area contributed by atoms with Crippen molar-refractivity contribution in [2.24, 2.45) is 0 Å². The SMILES string of the molecule is CCCCCCCC(CCCCCCCCCCCC(C)O)S(=O)(=O)O. The molecule has 26 heavy (non-hydrogen) atoms. The van der Waals surface area contributed by atoms with Crippen molar-refractivity contribution in [3.8, 4) is 0 Å². The monoisotopic (exact) mass is 392 g/mol. The molecule has 0 bridgehead atoms. The van der Waals surface area contributed by atoms with Gasteiger partial charge in [0.25, 0.3) is 10.1 Å². The molecule has 0 spiro atoms. The quantitative estimate of drug-likeness (QED) is 0.200. The van der Waals surface area contributed by atoms with Gasteiger partial charge in [0.15, 0.2) is 0 Å². The van der Waals surface area contributed by atoms with E-state index in [1.54, 1.807) is 0 Å². The summed E-state index contributed by atoms with van der Waals surface area (Å²) in [6, 6.07) is 0. The Bertz CT molecular complexity index is 393. The van der Waals surface area contributed by atoms with E-state index in [2.05, 4.69) is 6.92 Å². The summed E-state index contributed by atoms with van der Waals surface area (Å²) in [6.07, 6.45) is 17.9. The molecule has 0 saturated carbocycles. The number of rotatable bonds is 19. The zero-order valence-corrected chi connectivity index (χ0v) is 18.1. The number of hydrogen-bond acceptors (Lipinski definition) is 3. The lowest BCUT2D eigenvalue weighted by Crippen LogP contribution is -2.20. The molecule has 0 aliphatic carbocycles. The van der Waals surface area contributed by atoms with E-state index < -0.39 is 15.4 Å². The lowest BCUT2D eigenvalue weighted by Gasteiger charge is -2.13. The predicted octanol–water partition coefficient (Wildman–Crippen LogP) is 6.28. The first-order chi connectivity index (χ1) is 12.4. The van der Waals surface area contributed by atoms with Crippen LogP contribution >= 0.6 is 0 Å². The van der Waals surface area contributed by atoms with Gasteiger partial charge in [0.1, 0.15) is 0 Å². The van der Waals surface area contributed by atoms with Crippen molar-refractivity contribution in [2.45, 2.75) is 134 Å². The first-order valence-corrected chi connectivity index (χ1v) is 12.5. The van der Waals surface area contributed by atoms with Gasteiger partial charge in [0, 0.05) is 0 Å². The second-order valence-corrected chi connectivity index (χ2v) is 9.64. The van der Waals surface area contributed by atoms with E-state index in [1.807, 2.05) is 6.92 Å². The van der Waals surface area contributed by atoms with Crippen molar-refractivity contribution in [3.63, 3.8) is 0 Å². The van der Waals surface area contributed by atoms with Crippen LogP contribution in [0.15, 0.2) is 0 Å². The average molecular weight is 393 g/mol. The van der Waals surface area contributed by atoms with Crippen LogP contribution in [0.25, 0.3) is 0 Å². The Morgan fingerprint density at radius 2 is 1.00 bits per heavy atom. The Kier molecular flexibility index (Phi) is 16.9. The fourth-order valence-electron chi connectivity index (χ4n) is 3.47. The highest BCUT2D eigenvalue weighted by Gasteiger charge is 2.21. The lowest BCUT2D eigenvalue weighted by atomic mass is 10.0. The molecule has 0 aliphatic rings. The number of unbranched alkanes of at least 4 members (excludes halogenated alkanes) is 12. The van der Waals surface area contributed by atoms with E-state index in [9.17, 15) is 18.1 Å². The second kappa shape index (κ2) is 17.0. The zero-order valence-electron chi connectivity index (χ0n) is 17.3. The molecule has 158 valence electrons. The third kappa shape index (κ3) is 17.3. The van der Waals surface area contributed by atoms with Crippen LogP contribution in [-0.2, 0) is 10.1 Å². The summed E-state index contributed by atoms with van der Waals surface area (Å²) in [5.41, 5.74) is 0. The summed E-state index contributed by atoms with van der Waals surface area (Å²) in [5.74, 6) is 0. The molecule has 0 aromatic rings. The van der Waals surface area contributed by atoms with Crippen LogP contribution in [0.5, 0.6) is 0 Å². The third-order valence-corrected chi connectivity index (χ3v) is 6.51. The summed E-state index contributed by atoms with van der Waals surface area (Å²) in [7, 11) is -3.89. The summed E-state index contributed by atoms with van der Waals surface area (Å²) in [5, 5.41) is 8.64. The normalized spacial score (nSPS) is 14.5. The molecule has 0 fully saturated rings. The summed E-state index contributed by atoms with van der Waals surface area (Å²) < 4.78 is 32.5. The molecule has 2 N–H and O–H groups in total. The van der Waals surface area contributed by atoms with Crippen LogP contribution in [0.1, 0.15) is 123 Å². The Hall–Kier alpha value is -0.130. The highest BCUT2D eigenvalue weighted by Crippen LogP contribution is 2.19. The van der Waals surface area contributed by atoms with Crippen molar-refractivity contribution in [1.29, 1.82) is 0 Å². The van der Waals surface area contributed by atoms with E-state index in [1.165, 1.54) is 44.9 Å². The molecule has 2 unspecified atom stereocenters. The summed E-state index contributed by atoms with van der Waals surface area (Å²) in [6.45, 7) is 4.01. The first-order valence-electron chi connectivity index (χ1n) is 11.0. The van der Waals surface area contributed by atoms with Gasteiger partial charge in [-0.1, -0.05) is 96.8 Å². The van der Waals surface area contributed by atoms with Gasteiger partial charge in [-0.25, -0.2) is 0 Å². The Balaban J connectivity index is 3.61. The average Bonchev–Trinajstić information content (AvgIpc) is 2.56. The molecule has 0 aliphatic heterocycles. The Labute approximate surface area is 162 Å². The van der Waals surface area contributed by atoms with Crippen LogP contribution in [0.3, 0.4) is 0 Å². The standard InChI is InChI=1S/C21H44O4S/c1-3-4-5-11-15-18-21(26(23,24)25)19-16-13-10-8-6-7-9-12-14-17-20(2)22/h20-22H,3-19H2,1-2H3,(H,23,24,25). The minimum absolute atomic E-state index is 0.169. The van der Waals surface area contributed by atoms with Crippen molar-refractivity contribution in [1.82, 2.24) is 0 Å². The molecule has 0 radical (unpaired) electrons. The molecular formula is C21H44O4S. The maximum atomic E-state index is 11.5. The molecule has 0 aromatic carbocycles. The minimum atomic E-state index is -3.89. The van der Waals surface area contributed by atoms with Gasteiger partial charge in [-0.05, 0) is 26.2 Å². The largest absolute Gasteiger partial charge is 0.393 e. The molecular weight excluding hydrogens is 348 g/mol. The second-order valence-electron chi connectivity index (χ2n) is 7.95. The summed E-state index contributed by atoms with van der Waals surface area (Å²) in [4.78, 5) is 0. The van der Waals surface area contributed by atoms with Crippen molar-refractivity contribution < 1.29 is 18.1 Å². The molecule has 0 rings (SSSR count). The highest BCUT2D eigenvalue weighted by molar-refractivity contribution is 7.86. The summed E-state index contributed by atoms with van der Waals surface area (Å²) >= 11 is 0. The van der Waals surface area contributed by atoms with Crippen LogP contribution in [-0.4, -0.2) is 29.4 Å². The van der Waals surface area contributed by atoms with Crippen molar-refractivity contribution in [3.05, 3.63) is 0 Å². The maximum Gasteiger partial charge on any atom is 0.267 e. The molecule has 0 aromatic heterocycles. The fraction of sp³-hybridized carbons (Fsp3) is 1.00. The number of hydrogen-bond donors (Lipinski definition) is 2. The van der Waals surface area contributed by atoms with Gasteiger partial charge in [-0.2, -0.15) is 8.42 Å². The highest BCUT2D eigenvalue weighted by atomic mass is 32.2. The van der Waals surface area contributed by atoms with Gasteiger partial charge in [0.05, 0.1) is 11.4 Å². The van der Waals surface area contributed by atoms with Crippen LogP contribution < -0.4 is 0 Å². The molecule has 5 heteroatoms. The maximum absolute atomic E-state index is 11.5. The van der Waals surface area contributed by atoms with E-state index in [0.29, 0.717) is 12.8 Å². The molecule has 4 nitrogen and oxygen atoms in total. The molecule has 2 atom stereocenters. The van der Waals surface area contributed by atoms with Gasteiger partial charge in [0.2, 0.25) is 0 Å². The van der Waals surface area contributed by atoms with E-state index in [4.69, 9.17) is 0 Å². The third-order valence-electron chi connectivity index (χ3n) is 5.20. The predicted molar refractivity (Wildman–Crippen MR) is 111 cm³/mol. The lowest BCUT2D eigenvalue weighted by molar-refractivity contribution is 0.180. The van der Waals surface area contributed by atoms with E-state index in [-0.39, 0.29) is 6.10 Å². The van der Waals surface area contributed by atoms with Crippen molar-refractivity contribution >= 4 is 10.1 Å². The number of aliphatic hydroxyl groups is 1. The Morgan fingerprint density at radius 1 is 0.654 bits per heavy atom. The zero-order chi connectivity index (χ0) is 19.7. The minimum Gasteiger partial charge on any atom is -0.393 e. The molecule has 0 heterocycles. The molecule has 0 amide bonds. The molecule has 0 saturated heterocycles. The first kappa shape index (κ1) is 25.9. The fourth-order valence-corrected chi connectivity index (χ4v) is 4.40. The van der Waals surface area contributed by atoms with Gasteiger partial charge < -0.3 is 5.11 Å². The number of aliphatic hydroxyl groups excluding tert-OH is 1. The van der Waals surface area contributed by atoms with Gasteiger partial charge >= 0.3 is 0 Å². The van der Waals surface area contributed by atoms with Crippen LogP contribution in [0.2, 0.25) is 0 Å². The van der Waals surface area contributed by atoms with E-state index in [0.717, 1.165) is 51.4 Å². The van der Waals surface area contributed by atoms with Crippen LogP contribution in [0, 0.1) is 0 Å². The van der Waals surface area contributed by atoms with Crippen LogP contribution in [0.4, 0.5) is 0 Å².